The second-order valence-electron chi connectivity index (χ2n) is 8.84. The van der Waals surface area contributed by atoms with Gasteiger partial charge in [0.1, 0.15) is 6.61 Å². The lowest BCUT2D eigenvalue weighted by Crippen LogP contribution is -2.35. The van der Waals surface area contributed by atoms with Gasteiger partial charge in [0, 0.05) is 6.92 Å². The first-order valence-electron chi connectivity index (χ1n) is 10.2. The average Bonchev–Trinajstić information content (AvgIpc) is 2.60. The van der Waals surface area contributed by atoms with Crippen LogP contribution in [-0.2, 0) is 19.4 Å². The van der Waals surface area contributed by atoms with Crippen molar-refractivity contribution >= 4 is 15.8 Å². The van der Waals surface area contributed by atoms with E-state index in [9.17, 15) is 13.2 Å². The van der Waals surface area contributed by atoms with Gasteiger partial charge in [-0.05, 0) is 75.7 Å². The molecule has 0 fully saturated rings. The summed E-state index contributed by atoms with van der Waals surface area (Å²) in [6.07, 6.45) is 5.21. The van der Waals surface area contributed by atoms with Crippen molar-refractivity contribution in [2.24, 2.45) is 5.41 Å². The number of allylic oxidation sites excluding steroid dienone is 2. The Kier molecular flexibility index (Phi) is 7.50. The summed E-state index contributed by atoms with van der Waals surface area (Å²) in [5.41, 5.74) is 4.01. The number of aryl methyl sites for hydroxylation is 1. The Morgan fingerprint density at radius 1 is 1.17 bits per heavy atom. The number of sulfone groups is 1. The number of esters is 1. The Hall–Kier alpha value is -1.88. The van der Waals surface area contributed by atoms with Crippen LogP contribution in [0.5, 0.6) is 0 Å². The first-order chi connectivity index (χ1) is 13.4. The predicted molar refractivity (Wildman–Crippen MR) is 117 cm³/mol. The molecular weight excluding hydrogens is 384 g/mol. The van der Waals surface area contributed by atoms with E-state index in [-0.39, 0.29) is 18.0 Å². The number of ether oxygens (including phenoxy) is 1. The van der Waals surface area contributed by atoms with Crippen LogP contribution < -0.4 is 0 Å². The molecule has 29 heavy (non-hydrogen) atoms. The van der Waals surface area contributed by atoms with Crippen molar-refractivity contribution < 1.29 is 17.9 Å². The van der Waals surface area contributed by atoms with Crippen molar-refractivity contribution in [3.63, 3.8) is 0 Å². The maximum atomic E-state index is 13.7. The van der Waals surface area contributed by atoms with E-state index >= 15 is 0 Å². The summed E-state index contributed by atoms with van der Waals surface area (Å²) in [7, 11) is -3.56. The van der Waals surface area contributed by atoms with E-state index in [0.29, 0.717) is 11.3 Å². The van der Waals surface area contributed by atoms with Gasteiger partial charge in [-0.15, -0.1) is 0 Å². The van der Waals surface area contributed by atoms with Crippen molar-refractivity contribution in [2.45, 2.75) is 77.4 Å². The molecule has 0 amide bonds. The Labute approximate surface area is 176 Å². The molecule has 160 valence electrons. The van der Waals surface area contributed by atoms with Crippen LogP contribution >= 0.6 is 0 Å². The number of rotatable bonds is 7. The molecule has 0 aliphatic heterocycles. The smallest absolute Gasteiger partial charge is 0.302 e. The van der Waals surface area contributed by atoms with Crippen LogP contribution in [0.25, 0.3) is 0 Å². The fourth-order valence-corrected chi connectivity index (χ4v) is 6.45. The molecule has 0 saturated carbocycles. The van der Waals surface area contributed by atoms with E-state index in [1.165, 1.54) is 12.5 Å². The molecule has 1 aliphatic rings. The Balaban J connectivity index is 2.51. The van der Waals surface area contributed by atoms with Crippen LogP contribution in [0.2, 0.25) is 0 Å². The maximum absolute atomic E-state index is 13.7. The summed E-state index contributed by atoms with van der Waals surface area (Å²) < 4.78 is 32.5. The normalized spacial score (nSPS) is 18.5. The van der Waals surface area contributed by atoms with Crippen molar-refractivity contribution in [3.8, 4) is 0 Å². The molecule has 0 aromatic heterocycles. The van der Waals surface area contributed by atoms with Gasteiger partial charge in [-0.25, -0.2) is 8.42 Å². The van der Waals surface area contributed by atoms with Gasteiger partial charge < -0.3 is 4.74 Å². The van der Waals surface area contributed by atoms with Crippen LogP contribution in [-0.4, -0.2) is 26.2 Å². The molecule has 1 aliphatic carbocycles. The summed E-state index contributed by atoms with van der Waals surface area (Å²) in [5.74, 6) is -0.343. The van der Waals surface area contributed by atoms with Gasteiger partial charge in [-0.3, -0.25) is 4.79 Å². The Morgan fingerprint density at radius 3 is 2.34 bits per heavy atom. The minimum absolute atomic E-state index is 0.166. The highest BCUT2D eigenvalue weighted by Crippen LogP contribution is 2.46. The fraction of sp³-hybridized carbons (Fsp3) is 0.542. The topological polar surface area (TPSA) is 60.4 Å². The number of carbonyl (C=O) groups is 1. The number of hydrogen-bond acceptors (Lipinski definition) is 4. The van der Waals surface area contributed by atoms with Crippen molar-refractivity contribution in [1.29, 1.82) is 0 Å². The third kappa shape index (κ3) is 5.81. The van der Waals surface area contributed by atoms with E-state index < -0.39 is 15.1 Å². The summed E-state index contributed by atoms with van der Waals surface area (Å²) in [6, 6.07) is 7.11. The largest absolute Gasteiger partial charge is 0.462 e. The van der Waals surface area contributed by atoms with Gasteiger partial charge >= 0.3 is 5.97 Å². The zero-order valence-electron chi connectivity index (χ0n) is 18.5. The number of hydrogen-bond donors (Lipinski definition) is 0. The second-order valence-corrected chi connectivity index (χ2v) is 11.0. The van der Waals surface area contributed by atoms with Crippen molar-refractivity contribution in [1.82, 2.24) is 0 Å². The molecular formula is C24H34O4S. The average molecular weight is 419 g/mol. The molecule has 4 nitrogen and oxygen atoms in total. The minimum atomic E-state index is -3.56. The predicted octanol–water partition coefficient (Wildman–Crippen LogP) is 5.56. The standard InChI is InChI=1S/C24H34O4S/c1-17-9-11-21(12-10-17)29(26,27)22(16-18(2)13-15-28-20(4)25)23-19(3)8-7-14-24(23,5)6/h9-13,22H,7-8,14-16H2,1-6H3. The molecule has 0 heterocycles. The Morgan fingerprint density at radius 2 is 1.79 bits per heavy atom. The van der Waals surface area contributed by atoms with Crippen molar-refractivity contribution in [2.75, 3.05) is 6.61 Å². The van der Waals surface area contributed by atoms with E-state index in [0.717, 1.165) is 36.0 Å². The van der Waals surface area contributed by atoms with E-state index in [1.807, 2.05) is 32.1 Å². The monoisotopic (exact) mass is 418 g/mol. The number of carbonyl (C=O) groups excluding carboxylic acids is 1. The first-order valence-corrected chi connectivity index (χ1v) is 11.8. The van der Waals surface area contributed by atoms with Gasteiger partial charge in [-0.2, -0.15) is 0 Å². The summed E-state index contributed by atoms with van der Waals surface area (Å²) in [5, 5.41) is -0.617. The van der Waals surface area contributed by atoms with E-state index in [2.05, 4.69) is 20.8 Å². The highest BCUT2D eigenvalue weighted by molar-refractivity contribution is 7.92. The van der Waals surface area contributed by atoms with Crippen LogP contribution in [0.3, 0.4) is 0 Å². The van der Waals surface area contributed by atoms with Crippen LogP contribution in [0.4, 0.5) is 0 Å². The van der Waals surface area contributed by atoms with Crippen LogP contribution in [0, 0.1) is 12.3 Å². The van der Waals surface area contributed by atoms with Gasteiger partial charge in [-0.1, -0.05) is 42.7 Å². The molecule has 0 N–H and O–H groups in total. The highest BCUT2D eigenvalue weighted by Gasteiger charge is 2.40. The van der Waals surface area contributed by atoms with Crippen molar-refractivity contribution in [3.05, 3.63) is 52.6 Å². The molecule has 0 radical (unpaired) electrons. The van der Waals surface area contributed by atoms with Crippen LogP contribution in [0.1, 0.15) is 65.9 Å². The molecule has 5 heteroatoms. The third-order valence-electron chi connectivity index (χ3n) is 5.81. The van der Waals surface area contributed by atoms with E-state index in [4.69, 9.17) is 4.74 Å². The SMILES string of the molecule is CC(=O)OCC=C(C)CC(C1=C(C)CCCC1(C)C)S(=O)(=O)c1ccc(C)cc1. The summed E-state index contributed by atoms with van der Waals surface area (Å²) >= 11 is 0. The minimum Gasteiger partial charge on any atom is -0.462 e. The number of benzene rings is 1. The first kappa shape index (κ1) is 23.4. The zero-order valence-corrected chi connectivity index (χ0v) is 19.4. The lowest BCUT2D eigenvalue weighted by molar-refractivity contribution is -0.139. The quantitative estimate of drug-likeness (QED) is 0.429. The highest BCUT2D eigenvalue weighted by atomic mass is 32.2. The molecule has 0 bridgehead atoms. The fourth-order valence-electron chi connectivity index (χ4n) is 4.29. The zero-order chi connectivity index (χ0) is 21.8. The molecule has 1 atom stereocenters. The molecule has 1 aromatic carbocycles. The molecule has 1 unspecified atom stereocenters. The van der Waals surface area contributed by atoms with E-state index in [1.54, 1.807) is 12.1 Å². The summed E-state index contributed by atoms with van der Waals surface area (Å²) in [6.45, 7) is 11.8. The lowest BCUT2D eigenvalue weighted by atomic mass is 9.71. The summed E-state index contributed by atoms with van der Waals surface area (Å²) in [4.78, 5) is 11.4. The van der Waals surface area contributed by atoms with Gasteiger partial charge in [0.25, 0.3) is 0 Å². The molecule has 0 spiro atoms. The van der Waals surface area contributed by atoms with Gasteiger partial charge in [0.05, 0.1) is 10.1 Å². The molecule has 0 saturated heterocycles. The molecule has 1 aromatic rings. The second kappa shape index (κ2) is 9.29. The van der Waals surface area contributed by atoms with Gasteiger partial charge in [0.2, 0.25) is 0 Å². The Bertz CT molecular complexity index is 903. The molecule has 2 rings (SSSR count). The van der Waals surface area contributed by atoms with Gasteiger partial charge in [0.15, 0.2) is 9.84 Å². The van der Waals surface area contributed by atoms with Crippen LogP contribution in [0.15, 0.2) is 52.0 Å². The lowest BCUT2D eigenvalue weighted by Gasteiger charge is -2.39. The maximum Gasteiger partial charge on any atom is 0.302 e. The third-order valence-corrected chi connectivity index (χ3v) is 7.90.